The van der Waals surface area contributed by atoms with Crippen molar-refractivity contribution in [2.24, 2.45) is 0 Å². The summed E-state index contributed by atoms with van der Waals surface area (Å²) >= 11 is 1.65. The van der Waals surface area contributed by atoms with Crippen molar-refractivity contribution in [2.75, 3.05) is 0 Å². The van der Waals surface area contributed by atoms with Gasteiger partial charge in [0.2, 0.25) is 0 Å². The van der Waals surface area contributed by atoms with Gasteiger partial charge in [0, 0.05) is 10.3 Å². The Labute approximate surface area is 86.8 Å². The quantitative estimate of drug-likeness (QED) is 0.833. The number of aliphatic carboxylic acids is 1. The van der Waals surface area contributed by atoms with E-state index in [2.05, 4.69) is 11.9 Å². The average Bonchev–Trinajstić information content (AvgIpc) is 2.71. The van der Waals surface area contributed by atoms with Crippen LogP contribution in [0.5, 0.6) is 0 Å². The number of hydrogen-bond donors (Lipinski definition) is 1. The average molecular weight is 211 g/mol. The Kier molecular flexibility index (Phi) is 2.10. The largest absolute Gasteiger partial charge is 0.481 e. The van der Waals surface area contributed by atoms with Gasteiger partial charge in [0.25, 0.3) is 0 Å². The van der Waals surface area contributed by atoms with Crippen LogP contribution in [0.2, 0.25) is 0 Å². The minimum absolute atomic E-state index is 0.0540. The minimum Gasteiger partial charge on any atom is -0.481 e. The number of thiazole rings is 1. The monoisotopic (exact) mass is 211 g/mol. The summed E-state index contributed by atoms with van der Waals surface area (Å²) in [4.78, 5) is 16.0. The van der Waals surface area contributed by atoms with E-state index in [4.69, 9.17) is 5.11 Å². The van der Waals surface area contributed by atoms with E-state index in [1.165, 1.54) is 12.8 Å². The van der Waals surface area contributed by atoms with Crippen molar-refractivity contribution in [3.8, 4) is 0 Å². The SMILES string of the molecule is Cc1sc(C2(C)CC2)nc1CC(=O)O. The van der Waals surface area contributed by atoms with Crippen molar-refractivity contribution < 1.29 is 9.90 Å². The third-order valence-electron chi connectivity index (χ3n) is 2.73. The first-order valence-corrected chi connectivity index (χ1v) is 5.51. The fourth-order valence-corrected chi connectivity index (χ4v) is 2.53. The molecule has 1 aromatic heterocycles. The van der Waals surface area contributed by atoms with Gasteiger partial charge in [-0.15, -0.1) is 11.3 Å². The Morgan fingerprint density at radius 1 is 1.64 bits per heavy atom. The normalized spacial score (nSPS) is 18.1. The summed E-state index contributed by atoms with van der Waals surface area (Å²) in [5, 5.41) is 9.80. The van der Waals surface area contributed by atoms with Crippen molar-refractivity contribution in [1.82, 2.24) is 4.98 Å². The van der Waals surface area contributed by atoms with Crippen LogP contribution in [0.3, 0.4) is 0 Å². The van der Waals surface area contributed by atoms with Gasteiger partial charge in [-0.05, 0) is 19.8 Å². The van der Waals surface area contributed by atoms with E-state index >= 15 is 0 Å². The maximum absolute atomic E-state index is 10.6. The van der Waals surface area contributed by atoms with Crippen LogP contribution >= 0.6 is 11.3 Å². The Morgan fingerprint density at radius 2 is 2.29 bits per heavy atom. The van der Waals surface area contributed by atoms with Gasteiger partial charge in [-0.1, -0.05) is 6.92 Å². The van der Waals surface area contributed by atoms with Crippen LogP contribution < -0.4 is 0 Å². The first-order chi connectivity index (χ1) is 6.51. The van der Waals surface area contributed by atoms with E-state index in [9.17, 15) is 4.79 Å². The predicted molar refractivity (Wildman–Crippen MR) is 54.8 cm³/mol. The molecule has 1 aromatic rings. The van der Waals surface area contributed by atoms with Gasteiger partial charge < -0.3 is 5.11 Å². The Morgan fingerprint density at radius 3 is 2.79 bits per heavy atom. The lowest BCUT2D eigenvalue weighted by Gasteiger charge is -2.00. The molecule has 0 unspecified atom stereocenters. The Hall–Kier alpha value is -0.900. The molecule has 1 saturated carbocycles. The second-order valence-electron chi connectivity index (χ2n) is 4.15. The van der Waals surface area contributed by atoms with E-state index in [0.29, 0.717) is 0 Å². The molecular weight excluding hydrogens is 198 g/mol. The third kappa shape index (κ3) is 1.66. The molecule has 0 aromatic carbocycles. The highest BCUT2D eigenvalue weighted by Crippen LogP contribution is 2.49. The van der Waals surface area contributed by atoms with Crippen LogP contribution in [0.1, 0.15) is 35.3 Å². The van der Waals surface area contributed by atoms with Gasteiger partial charge in [-0.25, -0.2) is 4.98 Å². The van der Waals surface area contributed by atoms with Crippen molar-refractivity contribution in [3.63, 3.8) is 0 Å². The highest BCUT2D eigenvalue weighted by atomic mass is 32.1. The molecule has 14 heavy (non-hydrogen) atoms. The topological polar surface area (TPSA) is 50.2 Å². The lowest BCUT2D eigenvalue weighted by molar-refractivity contribution is -0.136. The molecule has 76 valence electrons. The summed E-state index contributed by atoms with van der Waals surface area (Å²) in [5.74, 6) is -0.800. The van der Waals surface area contributed by atoms with Gasteiger partial charge in [0.1, 0.15) is 0 Å². The fraction of sp³-hybridized carbons (Fsp3) is 0.600. The molecule has 0 radical (unpaired) electrons. The van der Waals surface area contributed by atoms with E-state index in [1.54, 1.807) is 11.3 Å². The smallest absolute Gasteiger partial charge is 0.309 e. The molecule has 1 N–H and O–H groups in total. The Bertz CT molecular complexity index is 379. The molecule has 0 aliphatic heterocycles. The number of carboxylic acid groups (broad SMARTS) is 1. The number of carbonyl (C=O) groups is 1. The zero-order valence-electron chi connectivity index (χ0n) is 8.33. The van der Waals surface area contributed by atoms with Crippen LogP contribution in [0.25, 0.3) is 0 Å². The zero-order chi connectivity index (χ0) is 10.3. The van der Waals surface area contributed by atoms with E-state index in [-0.39, 0.29) is 11.8 Å². The van der Waals surface area contributed by atoms with Crippen LogP contribution in [-0.2, 0) is 16.6 Å². The number of aryl methyl sites for hydroxylation is 1. The number of aromatic nitrogens is 1. The van der Waals surface area contributed by atoms with Crippen LogP contribution in [0.4, 0.5) is 0 Å². The van der Waals surface area contributed by atoms with E-state index < -0.39 is 5.97 Å². The molecule has 0 amide bonds. The minimum atomic E-state index is -0.800. The second kappa shape index (κ2) is 3.05. The third-order valence-corrected chi connectivity index (χ3v) is 4.05. The number of nitrogens with zero attached hydrogens (tertiary/aromatic N) is 1. The highest BCUT2D eigenvalue weighted by molar-refractivity contribution is 7.11. The van der Waals surface area contributed by atoms with Gasteiger partial charge in [0.05, 0.1) is 17.1 Å². The summed E-state index contributed by atoms with van der Waals surface area (Å²) in [5.41, 5.74) is 0.997. The summed E-state index contributed by atoms with van der Waals surface area (Å²) < 4.78 is 0. The van der Waals surface area contributed by atoms with E-state index in [0.717, 1.165) is 15.6 Å². The number of carboxylic acids is 1. The maximum atomic E-state index is 10.6. The van der Waals surface area contributed by atoms with Crippen molar-refractivity contribution in [1.29, 1.82) is 0 Å². The van der Waals surface area contributed by atoms with Crippen LogP contribution in [-0.4, -0.2) is 16.1 Å². The molecule has 0 spiro atoms. The standard InChI is InChI=1S/C10H13NO2S/c1-6-7(5-8(12)13)11-9(14-6)10(2)3-4-10/h3-5H2,1-2H3,(H,12,13). The molecule has 1 aliphatic rings. The molecule has 1 fully saturated rings. The lowest BCUT2D eigenvalue weighted by atomic mass is 10.1. The number of hydrogen-bond acceptors (Lipinski definition) is 3. The van der Waals surface area contributed by atoms with Gasteiger partial charge >= 0.3 is 5.97 Å². The van der Waals surface area contributed by atoms with Gasteiger partial charge in [0.15, 0.2) is 0 Å². The first-order valence-electron chi connectivity index (χ1n) is 4.70. The second-order valence-corrected chi connectivity index (χ2v) is 5.36. The zero-order valence-corrected chi connectivity index (χ0v) is 9.15. The molecule has 3 nitrogen and oxygen atoms in total. The molecule has 0 atom stereocenters. The van der Waals surface area contributed by atoms with Gasteiger partial charge in [-0.3, -0.25) is 4.79 Å². The van der Waals surface area contributed by atoms with Gasteiger partial charge in [-0.2, -0.15) is 0 Å². The predicted octanol–water partition coefficient (Wildman–Crippen LogP) is 2.13. The van der Waals surface area contributed by atoms with Crippen molar-refractivity contribution in [2.45, 2.75) is 38.5 Å². The summed E-state index contributed by atoms with van der Waals surface area (Å²) in [6.07, 6.45) is 2.43. The highest BCUT2D eigenvalue weighted by Gasteiger charge is 2.42. The van der Waals surface area contributed by atoms with Crippen LogP contribution in [0.15, 0.2) is 0 Å². The molecule has 0 bridgehead atoms. The molecule has 2 rings (SSSR count). The molecular formula is C10H13NO2S. The molecule has 4 heteroatoms. The summed E-state index contributed by atoms with van der Waals surface area (Å²) in [6, 6.07) is 0. The number of rotatable bonds is 3. The fourth-order valence-electron chi connectivity index (χ4n) is 1.39. The van der Waals surface area contributed by atoms with Crippen molar-refractivity contribution >= 4 is 17.3 Å². The van der Waals surface area contributed by atoms with E-state index in [1.807, 2.05) is 6.92 Å². The lowest BCUT2D eigenvalue weighted by Crippen LogP contribution is -2.03. The molecule has 0 saturated heterocycles. The molecule has 1 heterocycles. The van der Waals surface area contributed by atoms with Crippen molar-refractivity contribution in [3.05, 3.63) is 15.6 Å². The maximum Gasteiger partial charge on any atom is 0.309 e. The Balaban J connectivity index is 2.25. The molecule has 1 aliphatic carbocycles. The first kappa shape index (κ1) is 9.65. The van der Waals surface area contributed by atoms with Crippen LogP contribution in [0, 0.1) is 6.92 Å². The summed E-state index contributed by atoms with van der Waals surface area (Å²) in [7, 11) is 0. The summed E-state index contributed by atoms with van der Waals surface area (Å²) in [6.45, 7) is 4.14.